The van der Waals surface area contributed by atoms with E-state index in [2.05, 4.69) is 12.2 Å². The predicted octanol–water partition coefficient (Wildman–Crippen LogP) is 3.55. The quantitative estimate of drug-likeness (QED) is 0.832. The Hall–Kier alpha value is -2.10. The molecule has 0 aliphatic heterocycles. The first-order valence-electron chi connectivity index (χ1n) is 7.36. The van der Waals surface area contributed by atoms with E-state index >= 15 is 0 Å². The summed E-state index contributed by atoms with van der Waals surface area (Å²) in [6.45, 7) is 2.23. The molecule has 1 aliphatic carbocycles. The highest BCUT2D eigenvalue weighted by molar-refractivity contribution is 5.93. The van der Waals surface area contributed by atoms with Crippen LogP contribution < -0.4 is 5.32 Å². The second-order valence-corrected chi connectivity index (χ2v) is 5.74. The van der Waals surface area contributed by atoms with Crippen LogP contribution in [0.1, 0.15) is 38.2 Å². The Bertz CT molecular complexity index is 543. The van der Waals surface area contributed by atoms with E-state index in [0.717, 1.165) is 43.2 Å². The number of carbonyl (C=O) groups is 2. The van der Waals surface area contributed by atoms with Crippen molar-refractivity contribution in [3.63, 3.8) is 0 Å². The number of benzene rings is 1. The van der Waals surface area contributed by atoms with Gasteiger partial charge in [-0.3, -0.25) is 4.79 Å². The molecule has 0 radical (unpaired) electrons. The van der Waals surface area contributed by atoms with Crippen molar-refractivity contribution < 1.29 is 14.7 Å². The third-order valence-electron chi connectivity index (χ3n) is 3.96. The van der Waals surface area contributed by atoms with E-state index in [1.54, 1.807) is 18.2 Å². The van der Waals surface area contributed by atoms with Gasteiger partial charge in [-0.2, -0.15) is 0 Å². The molecular formula is C17H21NO3. The third kappa shape index (κ3) is 4.74. The summed E-state index contributed by atoms with van der Waals surface area (Å²) in [7, 11) is 0. The monoisotopic (exact) mass is 287 g/mol. The molecule has 4 heteroatoms. The summed E-state index contributed by atoms with van der Waals surface area (Å²) < 4.78 is 0. The number of amides is 1. The Labute approximate surface area is 124 Å². The van der Waals surface area contributed by atoms with Crippen molar-refractivity contribution in [2.24, 2.45) is 11.8 Å². The zero-order valence-electron chi connectivity index (χ0n) is 12.2. The van der Waals surface area contributed by atoms with Crippen LogP contribution in [0.4, 0.5) is 5.69 Å². The standard InChI is InChI=1S/C17H21NO3/c1-12-5-8-14(9-6-12)17(21)18-15-4-2-3-13(11-15)7-10-16(19)20/h2-4,7,10-12,14H,5-6,8-9H2,1H3,(H,18,21)(H,19,20)/b10-7+. The van der Waals surface area contributed by atoms with Crippen molar-refractivity contribution >= 4 is 23.6 Å². The summed E-state index contributed by atoms with van der Waals surface area (Å²) in [5, 5.41) is 11.6. The number of carboxylic acids is 1. The second kappa shape index (κ2) is 7.07. The van der Waals surface area contributed by atoms with Gasteiger partial charge >= 0.3 is 5.97 Å². The zero-order chi connectivity index (χ0) is 15.2. The van der Waals surface area contributed by atoms with Crippen LogP contribution in [0.3, 0.4) is 0 Å². The van der Waals surface area contributed by atoms with Gasteiger partial charge in [0, 0.05) is 17.7 Å². The third-order valence-corrected chi connectivity index (χ3v) is 3.96. The molecule has 2 N–H and O–H groups in total. The van der Waals surface area contributed by atoms with E-state index in [9.17, 15) is 9.59 Å². The highest BCUT2D eigenvalue weighted by Gasteiger charge is 2.24. The molecule has 1 aromatic rings. The minimum atomic E-state index is -0.985. The average Bonchev–Trinajstić information content (AvgIpc) is 2.46. The molecule has 0 aromatic heterocycles. The second-order valence-electron chi connectivity index (χ2n) is 5.74. The van der Waals surface area contributed by atoms with Crippen LogP contribution in [-0.2, 0) is 9.59 Å². The predicted molar refractivity (Wildman–Crippen MR) is 82.9 cm³/mol. The number of carboxylic acid groups (broad SMARTS) is 1. The lowest BCUT2D eigenvalue weighted by molar-refractivity contribution is -0.131. The van der Waals surface area contributed by atoms with Crippen LogP contribution in [0.15, 0.2) is 30.3 Å². The lowest BCUT2D eigenvalue weighted by atomic mass is 9.82. The first kappa shape index (κ1) is 15.3. The highest BCUT2D eigenvalue weighted by atomic mass is 16.4. The van der Waals surface area contributed by atoms with Crippen LogP contribution in [-0.4, -0.2) is 17.0 Å². The Morgan fingerprint density at radius 2 is 1.95 bits per heavy atom. The minimum absolute atomic E-state index is 0.0706. The van der Waals surface area contributed by atoms with Crippen molar-refractivity contribution in [1.82, 2.24) is 0 Å². The van der Waals surface area contributed by atoms with Crippen molar-refractivity contribution in [2.45, 2.75) is 32.6 Å². The van der Waals surface area contributed by atoms with Crippen LogP contribution >= 0.6 is 0 Å². The van der Waals surface area contributed by atoms with Crippen molar-refractivity contribution in [3.05, 3.63) is 35.9 Å². The fraction of sp³-hybridized carbons (Fsp3) is 0.412. The molecule has 0 saturated heterocycles. The summed E-state index contributed by atoms with van der Waals surface area (Å²) >= 11 is 0. The van der Waals surface area contributed by atoms with Crippen molar-refractivity contribution in [3.8, 4) is 0 Å². The number of hydrogen-bond acceptors (Lipinski definition) is 2. The molecule has 21 heavy (non-hydrogen) atoms. The van der Waals surface area contributed by atoms with Crippen LogP contribution in [0, 0.1) is 11.8 Å². The van der Waals surface area contributed by atoms with Crippen molar-refractivity contribution in [1.29, 1.82) is 0 Å². The molecule has 4 nitrogen and oxygen atoms in total. The Kier molecular flexibility index (Phi) is 5.14. The number of nitrogens with one attached hydrogen (secondary N) is 1. The molecule has 112 valence electrons. The summed E-state index contributed by atoms with van der Waals surface area (Å²) in [4.78, 5) is 22.7. The SMILES string of the molecule is CC1CCC(C(=O)Nc2cccc(/C=C/C(=O)O)c2)CC1. The fourth-order valence-corrected chi connectivity index (χ4v) is 2.65. The Balaban J connectivity index is 1.97. The Morgan fingerprint density at radius 1 is 1.24 bits per heavy atom. The number of carbonyl (C=O) groups excluding carboxylic acids is 1. The molecule has 1 amide bonds. The van der Waals surface area contributed by atoms with Gasteiger partial charge in [0.15, 0.2) is 0 Å². The Morgan fingerprint density at radius 3 is 2.62 bits per heavy atom. The molecule has 0 atom stereocenters. The number of aliphatic carboxylic acids is 1. The molecule has 0 unspecified atom stereocenters. The van der Waals surface area contributed by atoms with Gasteiger partial charge in [-0.15, -0.1) is 0 Å². The van der Waals surface area contributed by atoms with E-state index in [4.69, 9.17) is 5.11 Å². The van der Waals surface area contributed by atoms with Gasteiger partial charge in [-0.25, -0.2) is 4.79 Å². The number of rotatable bonds is 4. The van der Waals surface area contributed by atoms with E-state index < -0.39 is 5.97 Å². The number of anilines is 1. The summed E-state index contributed by atoms with van der Waals surface area (Å²) in [6, 6.07) is 7.21. The maximum atomic E-state index is 12.2. The largest absolute Gasteiger partial charge is 0.478 e. The molecule has 1 aliphatic rings. The zero-order valence-corrected chi connectivity index (χ0v) is 12.2. The van der Waals surface area contributed by atoms with Gasteiger partial charge in [0.05, 0.1) is 0 Å². The maximum absolute atomic E-state index is 12.2. The van der Waals surface area contributed by atoms with Crippen LogP contribution in [0.25, 0.3) is 6.08 Å². The average molecular weight is 287 g/mol. The van der Waals surface area contributed by atoms with E-state index in [0.29, 0.717) is 5.69 Å². The molecule has 0 heterocycles. The molecule has 2 rings (SSSR count). The van der Waals surface area contributed by atoms with Gasteiger partial charge in [0.25, 0.3) is 0 Å². The van der Waals surface area contributed by atoms with Gasteiger partial charge in [0.1, 0.15) is 0 Å². The molecule has 1 aromatic carbocycles. The molecule has 1 fully saturated rings. The minimum Gasteiger partial charge on any atom is -0.478 e. The summed E-state index contributed by atoms with van der Waals surface area (Å²) in [5.41, 5.74) is 1.47. The van der Waals surface area contributed by atoms with E-state index in [1.165, 1.54) is 6.08 Å². The van der Waals surface area contributed by atoms with Crippen molar-refractivity contribution in [2.75, 3.05) is 5.32 Å². The smallest absolute Gasteiger partial charge is 0.328 e. The molecule has 0 spiro atoms. The lowest BCUT2D eigenvalue weighted by Gasteiger charge is -2.25. The van der Waals surface area contributed by atoms with Gasteiger partial charge in [0.2, 0.25) is 5.91 Å². The van der Waals surface area contributed by atoms with Gasteiger partial charge in [-0.05, 0) is 55.4 Å². The van der Waals surface area contributed by atoms with E-state index in [-0.39, 0.29) is 11.8 Å². The lowest BCUT2D eigenvalue weighted by Crippen LogP contribution is -2.26. The molecular weight excluding hydrogens is 266 g/mol. The first-order valence-corrected chi connectivity index (χ1v) is 7.36. The number of hydrogen-bond donors (Lipinski definition) is 2. The summed E-state index contributed by atoms with van der Waals surface area (Å²) in [6.07, 6.45) is 6.72. The first-order chi connectivity index (χ1) is 10.0. The topological polar surface area (TPSA) is 66.4 Å². The maximum Gasteiger partial charge on any atom is 0.328 e. The van der Waals surface area contributed by atoms with Crippen LogP contribution in [0.5, 0.6) is 0 Å². The van der Waals surface area contributed by atoms with Gasteiger partial charge in [-0.1, -0.05) is 19.1 Å². The van der Waals surface area contributed by atoms with Crippen LogP contribution in [0.2, 0.25) is 0 Å². The normalized spacial score (nSPS) is 22.1. The van der Waals surface area contributed by atoms with Gasteiger partial charge < -0.3 is 10.4 Å². The highest BCUT2D eigenvalue weighted by Crippen LogP contribution is 2.29. The summed E-state index contributed by atoms with van der Waals surface area (Å²) in [5.74, 6) is -0.0972. The molecule has 1 saturated carbocycles. The fourth-order valence-electron chi connectivity index (χ4n) is 2.65. The van der Waals surface area contributed by atoms with E-state index in [1.807, 2.05) is 6.07 Å². The molecule has 0 bridgehead atoms.